The second kappa shape index (κ2) is 9.61. The Bertz CT molecular complexity index is 726. The Hall–Kier alpha value is -2.51. The van der Waals surface area contributed by atoms with E-state index in [4.69, 9.17) is 14.2 Å². The zero-order valence-electron chi connectivity index (χ0n) is 16.3. The molecule has 1 N–H and O–H groups in total. The molecule has 7 heteroatoms. The van der Waals surface area contributed by atoms with E-state index in [-0.39, 0.29) is 12.4 Å². The van der Waals surface area contributed by atoms with Crippen LogP contribution < -0.4 is 19.1 Å². The Morgan fingerprint density at radius 1 is 0.964 bits per heavy atom. The average molecular weight is 390 g/mol. The third kappa shape index (κ3) is 5.05. The van der Waals surface area contributed by atoms with Crippen molar-refractivity contribution in [2.24, 2.45) is 0 Å². The normalized spacial score (nSPS) is 15.9. The van der Waals surface area contributed by atoms with Crippen molar-refractivity contribution >= 4 is 5.69 Å². The summed E-state index contributed by atoms with van der Waals surface area (Å²) in [7, 11) is 3.14. The Balaban J connectivity index is 1.47. The summed E-state index contributed by atoms with van der Waals surface area (Å²) in [6, 6.07) is 12.0. The molecule has 1 aliphatic heterocycles. The summed E-state index contributed by atoms with van der Waals surface area (Å²) >= 11 is 0. The van der Waals surface area contributed by atoms with Crippen LogP contribution in [0.4, 0.5) is 10.1 Å². The lowest BCUT2D eigenvalue weighted by molar-refractivity contribution is 0.0643. The van der Waals surface area contributed by atoms with Crippen molar-refractivity contribution in [3.63, 3.8) is 0 Å². The molecule has 0 amide bonds. The van der Waals surface area contributed by atoms with Crippen LogP contribution in [-0.4, -0.2) is 69.7 Å². The first-order chi connectivity index (χ1) is 13.6. The molecule has 0 aliphatic carbocycles. The van der Waals surface area contributed by atoms with Gasteiger partial charge in [0.05, 0.1) is 14.2 Å². The van der Waals surface area contributed by atoms with Crippen LogP contribution in [0.1, 0.15) is 0 Å². The number of β-amino-alcohol motifs (C(OH)–C–C–N with tert-alkyl or cyclic N) is 1. The van der Waals surface area contributed by atoms with Crippen molar-refractivity contribution < 1.29 is 23.7 Å². The topological polar surface area (TPSA) is 54.4 Å². The molecule has 1 fully saturated rings. The van der Waals surface area contributed by atoms with Crippen molar-refractivity contribution in [3.05, 3.63) is 48.3 Å². The lowest BCUT2D eigenvalue weighted by Crippen LogP contribution is -2.49. The molecule has 2 aromatic rings. The first-order valence-corrected chi connectivity index (χ1v) is 9.35. The third-order valence-electron chi connectivity index (χ3n) is 4.84. The summed E-state index contributed by atoms with van der Waals surface area (Å²) in [4.78, 5) is 4.42. The summed E-state index contributed by atoms with van der Waals surface area (Å²) < 4.78 is 29.5. The highest BCUT2D eigenvalue weighted by Crippen LogP contribution is 2.36. The number of benzene rings is 2. The minimum atomic E-state index is -0.632. The third-order valence-corrected chi connectivity index (χ3v) is 4.84. The molecule has 1 heterocycles. The summed E-state index contributed by atoms with van der Waals surface area (Å²) in [6.07, 6.45) is -0.632. The Labute approximate surface area is 165 Å². The number of piperazine rings is 1. The molecule has 0 radical (unpaired) electrons. The predicted molar refractivity (Wildman–Crippen MR) is 106 cm³/mol. The lowest BCUT2D eigenvalue weighted by atomic mass is 10.2. The number of hydrogen-bond acceptors (Lipinski definition) is 6. The van der Waals surface area contributed by atoms with Crippen LogP contribution in [0.3, 0.4) is 0 Å². The largest absolute Gasteiger partial charge is 0.493 e. The van der Waals surface area contributed by atoms with Gasteiger partial charge in [-0.3, -0.25) is 4.90 Å². The molecule has 6 nitrogen and oxygen atoms in total. The van der Waals surface area contributed by atoms with Gasteiger partial charge in [0.1, 0.15) is 18.5 Å². The lowest BCUT2D eigenvalue weighted by Gasteiger charge is -2.36. The van der Waals surface area contributed by atoms with Crippen LogP contribution in [0.5, 0.6) is 17.2 Å². The van der Waals surface area contributed by atoms with Gasteiger partial charge >= 0.3 is 0 Å². The van der Waals surface area contributed by atoms with Gasteiger partial charge in [-0.25, -0.2) is 4.39 Å². The van der Waals surface area contributed by atoms with E-state index in [9.17, 15) is 9.50 Å². The van der Waals surface area contributed by atoms with Gasteiger partial charge in [-0.1, -0.05) is 6.07 Å². The molecule has 1 atom stereocenters. The number of ether oxygens (including phenoxy) is 3. The van der Waals surface area contributed by atoms with Gasteiger partial charge in [-0.2, -0.15) is 0 Å². The summed E-state index contributed by atoms with van der Waals surface area (Å²) in [5, 5.41) is 10.4. The molecule has 152 valence electrons. The summed E-state index contributed by atoms with van der Waals surface area (Å²) in [6.45, 7) is 3.99. The number of methoxy groups -OCH3 is 2. The van der Waals surface area contributed by atoms with E-state index >= 15 is 0 Å². The molecular formula is C21H27FN2O4. The van der Waals surface area contributed by atoms with Gasteiger partial charge in [0.25, 0.3) is 0 Å². The molecule has 0 unspecified atom stereocenters. The summed E-state index contributed by atoms with van der Waals surface area (Å²) in [5.41, 5.74) is 1.02. The van der Waals surface area contributed by atoms with Crippen molar-refractivity contribution in [1.82, 2.24) is 4.90 Å². The molecule has 0 aromatic heterocycles. The number of halogens is 1. The highest BCUT2D eigenvalue weighted by Gasteiger charge is 2.21. The van der Waals surface area contributed by atoms with Gasteiger partial charge in [-0.15, -0.1) is 0 Å². The average Bonchev–Trinajstić information content (AvgIpc) is 2.73. The minimum absolute atomic E-state index is 0.148. The van der Waals surface area contributed by atoms with E-state index in [0.717, 1.165) is 31.9 Å². The zero-order chi connectivity index (χ0) is 19.9. The first-order valence-electron chi connectivity index (χ1n) is 9.35. The quantitative estimate of drug-likeness (QED) is 0.747. The zero-order valence-corrected chi connectivity index (χ0v) is 16.3. The van der Waals surface area contributed by atoms with E-state index < -0.39 is 6.10 Å². The maximum absolute atomic E-state index is 13.1. The monoisotopic (exact) mass is 390 g/mol. The van der Waals surface area contributed by atoms with E-state index in [0.29, 0.717) is 23.8 Å². The molecule has 3 rings (SSSR count). The van der Waals surface area contributed by atoms with E-state index in [1.807, 2.05) is 6.07 Å². The molecule has 2 aromatic carbocycles. The van der Waals surface area contributed by atoms with E-state index in [1.54, 1.807) is 38.5 Å². The fourth-order valence-corrected chi connectivity index (χ4v) is 3.33. The maximum atomic E-state index is 13.1. The van der Waals surface area contributed by atoms with Gasteiger partial charge in [0.2, 0.25) is 5.75 Å². The maximum Gasteiger partial charge on any atom is 0.203 e. The number of nitrogens with zero attached hydrogens (tertiary/aromatic N) is 2. The highest BCUT2D eigenvalue weighted by atomic mass is 19.1. The summed E-state index contributed by atoms with van der Waals surface area (Å²) in [5.74, 6) is 1.41. The standard InChI is InChI=1S/C21H27FN2O4/c1-26-19-4-3-5-20(27-2)21(19)28-15-18(25)14-23-10-12-24(13-11-23)17-8-6-16(22)7-9-17/h3-9,18,25H,10-15H2,1-2H3/t18-/m0/s1. The van der Waals surface area contributed by atoms with Crippen LogP contribution in [0.25, 0.3) is 0 Å². The number of rotatable bonds is 8. The Morgan fingerprint density at radius 3 is 2.14 bits per heavy atom. The number of aliphatic hydroxyl groups excluding tert-OH is 1. The van der Waals surface area contributed by atoms with E-state index in [1.165, 1.54) is 12.1 Å². The molecule has 0 saturated carbocycles. The van der Waals surface area contributed by atoms with Gasteiger partial charge in [-0.05, 0) is 36.4 Å². The molecule has 28 heavy (non-hydrogen) atoms. The SMILES string of the molecule is COc1cccc(OC)c1OC[C@@H](O)CN1CCN(c2ccc(F)cc2)CC1. The predicted octanol–water partition coefficient (Wildman–Crippen LogP) is 2.40. The minimum Gasteiger partial charge on any atom is -0.493 e. The van der Waals surface area contributed by atoms with Crippen molar-refractivity contribution in [1.29, 1.82) is 0 Å². The molecule has 0 bridgehead atoms. The number of anilines is 1. The van der Waals surface area contributed by atoms with Crippen LogP contribution in [-0.2, 0) is 0 Å². The molecular weight excluding hydrogens is 363 g/mol. The fourth-order valence-electron chi connectivity index (χ4n) is 3.33. The number of aliphatic hydroxyl groups is 1. The van der Waals surface area contributed by atoms with Crippen molar-refractivity contribution in [3.8, 4) is 17.2 Å². The molecule has 0 spiro atoms. The van der Waals surface area contributed by atoms with Crippen LogP contribution in [0, 0.1) is 5.82 Å². The number of para-hydroxylation sites is 1. The highest BCUT2D eigenvalue weighted by molar-refractivity contribution is 5.51. The first kappa shape index (κ1) is 20.2. The van der Waals surface area contributed by atoms with Crippen LogP contribution in [0.2, 0.25) is 0 Å². The molecule has 1 saturated heterocycles. The fraction of sp³-hybridized carbons (Fsp3) is 0.429. The second-order valence-corrected chi connectivity index (χ2v) is 6.72. The van der Waals surface area contributed by atoms with Gasteiger partial charge in [0.15, 0.2) is 11.5 Å². The Morgan fingerprint density at radius 2 is 1.57 bits per heavy atom. The Kier molecular flexibility index (Phi) is 6.95. The molecule has 1 aliphatic rings. The van der Waals surface area contributed by atoms with Crippen molar-refractivity contribution in [2.75, 3.05) is 58.5 Å². The van der Waals surface area contributed by atoms with Gasteiger partial charge < -0.3 is 24.2 Å². The smallest absolute Gasteiger partial charge is 0.203 e. The van der Waals surface area contributed by atoms with E-state index in [2.05, 4.69) is 9.80 Å². The van der Waals surface area contributed by atoms with Crippen molar-refractivity contribution in [2.45, 2.75) is 6.10 Å². The van der Waals surface area contributed by atoms with Crippen LogP contribution >= 0.6 is 0 Å². The second-order valence-electron chi connectivity index (χ2n) is 6.72. The number of hydrogen-bond donors (Lipinski definition) is 1. The van der Waals surface area contributed by atoms with Gasteiger partial charge in [0, 0.05) is 38.4 Å². The van der Waals surface area contributed by atoms with Crippen LogP contribution in [0.15, 0.2) is 42.5 Å².